The monoisotopic (exact) mass is 540 g/mol. The summed E-state index contributed by atoms with van der Waals surface area (Å²) in [5.74, 6) is -3.60. The van der Waals surface area contributed by atoms with Crippen LogP contribution >= 0.6 is 0 Å². The molecule has 0 aromatic heterocycles. The maximum absolute atomic E-state index is 15.1. The summed E-state index contributed by atoms with van der Waals surface area (Å²) in [4.78, 5) is 0. The Bertz CT molecular complexity index is 1260. The van der Waals surface area contributed by atoms with Crippen LogP contribution in [-0.4, -0.2) is 19.3 Å². The van der Waals surface area contributed by atoms with E-state index in [-0.39, 0.29) is 22.8 Å². The van der Waals surface area contributed by atoms with Gasteiger partial charge in [0.05, 0.1) is 25.4 Å². The molecule has 2 unspecified atom stereocenters. The fourth-order valence-corrected chi connectivity index (χ4v) is 5.01. The number of benzene rings is 3. The summed E-state index contributed by atoms with van der Waals surface area (Å²) in [6, 6.07) is 12.7. The van der Waals surface area contributed by atoms with Crippen molar-refractivity contribution in [1.82, 2.24) is 0 Å². The first-order valence-electron chi connectivity index (χ1n) is 13.8. The fourth-order valence-electron chi connectivity index (χ4n) is 5.01. The van der Waals surface area contributed by atoms with Crippen molar-refractivity contribution in [3.63, 3.8) is 0 Å². The van der Waals surface area contributed by atoms with Gasteiger partial charge in [-0.3, -0.25) is 0 Å². The predicted octanol–water partition coefficient (Wildman–Crippen LogP) is 9.51. The number of aryl methyl sites for hydroxylation is 1. The highest BCUT2D eigenvalue weighted by molar-refractivity contribution is 5.71. The van der Waals surface area contributed by atoms with E-state index in [1.165, 1.54) is 6.07 Å². The van der Waals surface area contributed by atoms with E-state index >= 15 is 8.78 Å². The quantitative estimate of drug-likeness (QED) is 0.137. The molecule has 1 fully saturated rings. The molecule has 2 nitrogen and oxygen atoms in total. The van der Waals surface area contributed by atoms with Crippen LogP contribution in [0.2, 0.25) is 0 Å². The standard InChI is InChI=1S/C33H36F4O2/c1-3-5-7-8-9-24-14-16-26(31(35)30(24)34)22-10-12-23(13-11-22)27-17-18-28(33(37)32(27)36)29-19-15-25(21-39-29)38-20-6-4-2/h4,6,10-14,16-18,25,29H,3,5,7-9,15,19-21H2,1-2H3/b6-4+. The first-order chi connectivity index (χ1) is 18.9. The van der Waals surface area contributed by atoms with E-state index in [0.29, 0.717) is 49.2 Å². The molecule has 208 valence electrons. The van der Waals surface area contributed by atoms with Crippen LogP contribution < -0.4 is 0 Å². The van der Waals surface area contributed by atoms with Gasteiger partial charge >= 0.3 is 0 Å². The smallest absolute Gasteiger partial charge is 0.167 e. The van der Waals surface area contributed by atoms with Gasteiger partial charge in [-0.2, -0.15) is 0 Å². The summed E-state index contributed by atoms with van der Waals surface area (Å²) in [5.41, 5.74) is 1.71. The Morgan fingerprint density at radius 2 is 1.46 bits per heavy atom. The molecule has 0 aliphatic carbocycles. The van der Waals surface area contributed by atoms with Gasteiger partial charge in [-0.1, -0.05) is 86.9 Å². The van der Waals surface area contributed by atoms with E-state index in [0.717, 1.165) is 25.7 Å². The average Bonchev–Trinajstić information content (AvgIpc) is 2.96. The van der Waals surface area contributed by atoms with Crippen LogP contribution in [0.15, 0.2) is 60.7 Å². The van der Waals surface area contributed by atoms with Crippen molar-refractivity contribution in [3.8, 4) is 22.3 Å². The normalized spacial score (nSPS) is 17.7. The van der Waals surface area contributed by atoms with Crippen molar-refractivity contribution in [2.75, 3.05) is 13.2 Å². The highest BCUT2D eigenvalue weighted by Crippen LogP contribution is 2.36. The van der Waals surface area contributed by atoms with Gasteiger partial charge < -0.3 is 9.47 Å². The number of halogens is 4. The molecular weight excluding hydrogens is 504 g/mol. The molecular formula is C33H36F4O2. The van der Waals surface area contributed by atoms with Crippen molar-refractivity contribution in [2.45, 2.75) is 71.0 Å². The first-order valence-corrected chi connectivity index (χ1v) is 13.8. The minimum absolute atomic E-state index is 0.0662. The number of hydrogen-bond donors (Lipinski definition) is 0. The molecule has 1 aliphatic heterocycles. The molecule has 1 aliphatic rings. The lowest BCUT2D eigenvalue weighted by Crippen LogP contribution is -2.28. The number of allylic oxidation sites excluding steroid dienone is 1. The fraction of sp³-hybridized carbons (Fsp3) is 0.394. The Labute approximate surface area is 228 Å². The van der Waals surface area contributed by atoms with E-state index in [2.05, 4.69) is 6.92 Å². The van der Waals surface area contributed by atoms with Gasteiger partial charge in [-0.15, -0.1) is 0 Å². The Morgan fingerprint density at radius 1 is 0.795 bits per heavy atom. The van der Waals surface area contributed by atoms with Crippen LogP contribution in [0.1, 0.15) is 69.6 Å². The molecule has 0 amide bonds. The van der Waals surface area contributed by atoms with E-state index in [1.54, 1.807) is 42.5 Å². The molecule has 0 N–H and O–H groups in total. The van der Waals surface area contributed by atoms with E-state index in [1.807, 2.05) is 19.1 Å². The van der Waals surface area contributed by atoms with E-state index in [9.17, 15) is 8.78 Å². The Kier molecular flexibility index (Phi) is 10.4. The molecule has 1 heterocycles. The zero-order valence-electron chi connectivity index (χ0n) is 22.6. The zero-order valence-corrected chi connectivity index (χ0v) is 22.6. The second-order valence-corrected chi connectivity index (χ2v) is 10.0. The lowest BCUT2D eigenvalue weighted by molar-refractivity contribution is -0.0817. The number of rotatable bonds is 11. The second kappa shape index (κ2) is 13.9. The molecule has 4 rings (SSSR count). The molecule has 6 heteroatoms. The highest BCUT2D eigenvalue weighted by atomic mass is 19.2. The van der Waals surface area contributed by atoms with Crippen molar-refractivity contribution in [3.05, 3.63) is 95.1 Å². The lowest BCUT2D eigenvalue weighted by atomic mass is 9.94. The molecule has 1 saturated heterocycles. The van der Waals surface area contributed by atoms with Gasteiger partial charge in [0.1, 0.15) is 0 Å². The Balaban J connectivity index is 1.46. The van der Waals surface area contributed by atoms with Crippen LogP contribution in [0.5, 0.6) is 0 Å². The van der Waals surface area contributed by atoms with Gasteiger partial charge in [0.2, 0.25) is 0 Å². The maximum atomic E-state index is 15.1. The summed E-state index contributed by atoms with van der Waals surface area (Å²) < 4.78 is 71.3. The topological polar surface area (TPSA) is 18.5 Å². The maximum Gasteiger partial charge on any atom is 0.167 e. The van der Waals surface area contributed by atoms with E-state index in [4.69, 9.17) is 9.47 Å². The summed E-state index contributed by atoms with van der Waals surface area (Å²) in [6.45, 7) is 4.84. The predicted molar refractivity (Wildman–Crippen MR) is 147 cm³/mol. The van der Waals surface area contributed by atoms with Crippen LogP contribution in [0.3, 0.4) is 0 Å². The minimum atomic E-state index is -0.958. The van der Waals surface area contributed by atoms with Gasteiger partial charge in [-0.25, -0.2) is 17.6 Å². The Hall–Kier alpha value is -2.96. The molecule has 0 spiro atoms. The van der Waals surface area contributed by atoms with Gasteiger partial charge in [0.25, 0.3) is 0 Å². The largest absolute Gasteiger partial charge is 0.372 e. The second-order valence-electron chi connectivity index (χ2n) is 10.0. The molecule has 39 heavy (non-hydrogen) atoms. The summed E-state index contributed by atoms with van der Waals surface area (Å²) >= 11 is 0. The van der Waals surface area contributed by atoms with Crippen LogP contribution in [0.25, 0.3) is 22.3 Å². The number of hydrogen-bond acceptors (Lipinski definition) is 2. The van der Waals surface area contributed by atoms with Crippen LogP contribution in [0.4, 0.5) is 17.6 Å². The SMILES string of the molecule is C/C=C/COC1CCC(c2ccc(-c3ccc(-c4ccc(CCCCCC)c(F)c4F)cc3)c(F)c2F)OC1. The van der Waals surface area contributed by atoms with Gasteiger partial charge in [0.15, 0.2) is 23.3 Å². The number of ether oxygens (including phenoxy) is 2. The number of unbranched alkanes of at least 4 members (excludes halogenated alkanes) is 3. The summed E-state index contributed by atoms with van der Waals surface area (Å²) in [6.07, 6.45) is 8.90. The van der Waals surface area contributed by atoms with Crippen molar-refractivity contribution < 1.29 is 27.0 Å². The van der Waals surface area contributed by atoms with Gasteiger partial charge in [0, 0.05) is 16.7 Å². The lowest BCUT2D eigenvalue weighted by Gasteiger charge is -2.29. The molecule has 3 aromatic rings. The first kappa shape index (κ1) is 29.0. The highest BCUT2D eigenvalue weighted by Gasteiger charge is 2.27. The summed E-state index contributed by atoms with van der Waals surface area (Å²) in [5, 5.41) is 0. The van der Waals surface area contributed by atoms with Crippen LogP contribution in [-0.2, 0) is 15.9 Å². The average molecular weight is 541 g/mol. The Morgan fingerprint density at radius 3 is 2.08 bits per heavy atom. The molecule has 3 aromatic carbocycles. The summed E-state index contributed by atoms with van der Waals surface area (Å²) in [7, 11) is 0. The molecule has 2 atom stereocenters. The zero-order chi connectivity index (χ0) is 27.8. The van der Waals surface area contributed by atoms with Crippen molar-refractivity contribution in [1.29, 1.82) is 0 Å². The third-order valence-electron chi connectivity index (χ3n) is 7.33. The molecule has 0 bridgehead atoms. The third-order valence-corrected chi connectivity index (χ3v) is 7.33. The van der Waals surface area contributed by atoms with Crippen molar-refractivity contribution >= 4 is 0 Å². The van der Waals surface area contributed by atoms with Crippen LogP contribution in [0, 0.1) is 23.3 Å². The third kappa shape index (κ3) is 6.98. The molecule has 0 radical (unpaired) electrons. The van der Waals surface area contributed by atoms with E-state index < -0.39 is 29.4 Å². The molecule has 0 saturated carbocycles. The minimum Gasteiger partial charge on any atom is -0.372 e. The van der Waals surface area contributed by atoms with Gasteiger partial charge in [-0.05, 0) is 49.3 Å². The van der Waals surface area contributed by atoms with Crippen molar-refractivity contribution in [2.24, 2.45) is 0 Å².